The summed E-state index contributed by atoms with van der Waals surface area (Å²) in [6.45, 7) is 0. The first-order valence-corrected chi connectivity index (χ1v) is 8.94. The van der Waals surface area contributed by atoms with Crippen molar-refractivity contribution in [3.8, 4) is 0 Å². The van der Waals surface area contributed by atoms with Gasteiger partial charge in [0.1, 0.15) is 0 Å². The predicted octanol–water partition coefficient (Wildman–Crippen LogP) is 5.21. The monoisotopic (exact) mass is 399 g/mol. The summed E-state index contributed by atoms with van der Waals surface area (Å²) in [4.78, 5) is 0. The molecule has 0 aliphatic carbocycles. The second-order valence-corrected chi connectivity index (χ2v) is 5.74. The maximum atomic E-state index is 4.10. The van der Waals surface area contributed by atoms with Crippen LogP contribution in [0.1, 0.15) is 0 Å². The first-order chi connectivity index (χ1) is 13.9. The van der Waals surface area contributed by atoms with Crippen LogP contribution in [0.5, 0.6) is 0 Å². The van der Waals surface area contributed by atoms with E-state index in [1.54, 1.807) is 0 Å². The van der Waals surface area contributed by atoms with E-state index in [-0.39, 0.29) is 12.4 Å². The van der Waals surface area contributed by atoms with Crippen LogP contribution < -0.4 is 12.4 Å². The van der Waals surface area contributed by atoms with E-state index in [1.807, 2.05) is 121 Å². The highest BCUT2D eigenvalue weighted by Gasteiger charge is 1.87. The van der Waals surface area contributed by atoms with Crippen LogP contribution in [0.2, 0.25) is 0 Å². The van der Waals surface area contributed by atoms with Gasteiger partial charge in [-0.05, 0) is 48.5 Å². The van der Waals surface area contributed by atoms with Gasteiger partial charge in [0.05, 0.1) is 22.7 Å². The lowest BCUT2D eigenvalue weighted by Crippen LogP contribution is -3.00. The Morgan fingerprint density at radius 2 is 0.448 bits per heavy atom. The number of azo groups is 2. The maximum absolute atomic E-state index is 4.10. The Morgan fingerprint density at radius 1 is 0.276 bits per heavy atom. The van der Waals surface area contributed by atoms with Crippen molar-refractivity contribution in [2.75, 3.05) is 0 Å². The largest absolute Gasteiger partial charge is 1.00 e. The lowest BCUT2D eigenvalue weighted by atomic mass is 10.3. The highest BCUT2D eigenvalue weighted by atomic mass is 35.5. The standard InChI is InChI=1S/2C12H10N2.ClH/c2*1-3-7-11(8-4-1)13-14-12-9-5-2-6-10-12;/h2*1-10H;1H/p-1. The minimum atomic E-state index is 0. The van der Waals surface area contributed by atoms with Gasteiger partial charge in [-0.1, -0.05) is 72.8 Å². The first-order valence-electron chi connectivity index (χ1n) is 8.94. The van der Waals surface area contributed by atoms with E-state index >= 15 is 0 Å². The maximum Gasteiger partial charge on any atom is 0.0857 e. The Hall–Kier alpha value is -3.63. The fraction of sp³-hybridized carbons (Fsp3) is 0. The molecule has 5 heteroatoms. The molecule has 0 heterocycles. The zero-order valence-corrected chi connectivity index (χ0v) is 16.5. The Balaban J connectivity index is 0.000000200. The number of hydrogen-bond donors (Lipinski definition) is 0. The summed E-state index contributed by atoms with van der Waals surface area (Å²) >= 11 is 0. The molecule has 0 saturated heterocycles. The summed E-state index contributed by atoms with van der Waals surface area (Å²) in [7, 11) is 0. The highest BCUT2D eigenvalue weighted by molar-refractivity contribution is 5.40. The van der Waals surface area contributed by atoms with Crippen LogP contribution in [0.25, 0.3) is 0 Å². The second kappa shape index (κ2) is 12.7. The van der Waals surface area contributed by atoms with E-state index in [9.17, 15) is 0 Å². The molecule has 0 atom stereocenters. The van der Waals surface area contributed by atoms with Crippen LogP contribution in [0.15, 0.2) is 142 Å². The molecule has 0 radical (unpaired) electrons. The molecule has 4 aromatic rings. The van der Waals surface area contributed by atoms with Crippen LogP contribution in [0.3, 0.4) is 0 Å². The smallest absolute Gasteiger partial charge is 0.0857 e. The van der Waals surface area contributed by atoms with Gasteiger partial charge in [0.25, 0.3) is 0 Å². The van der Waals surface area contributed by atoms with Crippen molar-refractivity contribution in [3.05, 3.63) is 121 Å². The third kappa shape index (κ3) is 8.28. The molecule has 0 aromatic heterocycles. The second-order valence-electron chi connectivity index (χ2n) is 5.74. The van der Waals surface area contributed by atoms with Gasteiger partial charge in [0.15, 0.2) is 0 Å². The van der Waals surface area contributed by atoms with Gasteiger partial charge < -0.3 is 12.4 Å². The molecule has 0 N–H and O–H groups in total. The van der Waals surface area contributed by atoms with E-state index in [0.29, 0.717) is 0 Å². The normalized spacial score (nSPS) is 10.2. The SMILES string of the molecule is [Cl-].c1ccc(N=Nc2ccccc2)cc1.c1ccc(N=Nc2ccccc2)cc1. The Morgan fingerprint density at radius 3 is 0.621 bits per heavy atom. The van der Waals surface area contributed by atoms with E-state index in [2.05, 4.69) is 20.5 Å². The molecule has 4 rings (SSSR count). The minimum absolute atomic E-state index is 0. The van der Waals surface area contributed by atoms with Crippen molar-refractivity contribution >= 4 is 22.7 Å². The molecule has 0 aliphatic heterocycles. The Labute approximate surface area is 177 Å². The van der Waals surface area contributed by atoms with Crippen molar-refractivity contribution < 1.29 is 12.4 Å². The summed E-state index contributed by atoms with van der Waals surface area (Å²) < 4.78 is 0. The van der Waals surface area contributed by atoms with Crippen molar-refractivity contribution in [2.24, 2.45) is 20.5 Å². The van der Waals surface area contributed by atoms with Gasteiger partial charge in [-0.15, -0.1) is 0 Å². The number of hydrogen-bond acceptors (Lipinski definition) is 4. The zero-order valence-electron chi connectivity index (χ0n) is 15.7. The molecule has 0 amide bonds. The highest BCUT2D eigenvalue weighted by Crippen LogP contribution is 2.17. The molecule has 0 unspecified atom stereocenters. The van der Waals surface area contributed by atoms with E-state index in [0.717, 1.165) is 22.7 Å². The van der Waals surface area contributed by atoms with Crippen LogP contribution in [-0.4, -0.2) is 0 Å². The third-order valence-corrected chi connectivity index (χ3v) is 3.59. The van der Waals surface area contributed by atoms with E-state index in [4.69, 9.17) is 0 Å². The molecule has 4 aromatic carbocycles. The summed E-state index contributed by atoms with van der Waals surface area (Å²) in [6.07, 6.45) is 0. The van der Waals surface area contributed by atoms with Crippen LogP contribution in [0.4, 0.5) is 22.7 Å². The van der Waals surface area contributed by atoms with Crippen LogP contribution >= 0.6 is 0 Å². The van der Waals surface area contributed by atoms with Gasteiger partial charge in [0, 0.05) is 0 Å². The zero-order chi connectivity index (χ0) is 19.3. The van der Waals surface area contributed by atoms with Crippen molar-refractivity contribution in [3.63, 3.8) is 0 Å². The van der Waals surface area contributed by atoms with E-state index in [1.165, 1.54) is 0 Å². The molecule has 0 spiro atoms. The van der Waals surface area contributed by atoms with Crippen molar-refractivity contribution in [2.45, 2.75) is 0 Å². The average molecular weight is 400 g/mol. The molecule has 4 nitrogen and oxygen atoms in total. The Bertz CT molecular complexity index is 822. The number of halogens is 1. The first kappa shape index (κ1) is 21.7. The topological polar surface area (TPSA) is 49.4 Å². The van der Waals surface area contributed by atoms with Gasteiger partial charge in [-0.3, -0.25) is 0 Å². The van der Waals surface area contributed by atoms with Gasteiger partial charge >= 0.3 is 0 Å². The minimum Gasteiger partial charge on any atom is -1.00 e. The number of nitrogens with zero attached hydrogens (tertiary/aromatic N) is 4. The molecule has 144 valence electrons. The third-order valence-electron chi connectivity index (χ3n) is 3.59. The van der Waals surface area contributed by atoms with Gasteiger partial charge in [-0.25, -0.2) is 0 Å². The molecule has 0 bridgehead atoms. The van der Waals surface area contributed by atoms with Gasteiger partial charge in [-0.2, -0.15) is 20.5 Å². The molecule has 0 fully saturated rings. The fourth-order valence-corrected chi connectivity index (χ4v) is 2.21. The van der Waals surface area contributed by atoms with Crippen molar-refractivity contribution in [1.82, 2.24) is 0 Å². The van der Waals surface area contributed by atoms with Gasteiger partial charge in [0.2, 0.25) is 0 Å². The molecule has 0 saturated carbocycles. The quantitative estimate of drug-likeness (QED) is 0.423. The Kier molecular flexibility index (Phi) is 9.49. The molecule has 0 aliphatic rings. The lowest BCUT2D eigenvalue weighted by molar-refractivity contribution is -0.00000568. The lowest BCUT2D eigenvalue weighted by Gasteiger charge is -1.91. The number of rotatable bonds is 4. The summed E-state index contributed by atoms with van der Waals surface area (Å²) in [5.41, 5.74) is 3.49. The molecular weight excluding hydrogens is 380 g/mol. The predicted molar refractivity (Wildman–Crippen MR) is 114 cm³/mol. The van der Waals surface area contributed by atoms with E-state index < -0.39 is 0 Å². The summed E-state index contributed by atoms with van der Waals surface area (Å²) in [5, 5.41) is 16.4. The fourth-order valence-electron chi connectivity index (χ4n) is 2.21. The van der Waals surface area contributed by atoms with Crippen LogP contribution in [-0.2, 0) is 0 Å². The molecule has 29 heavy (non-hydrogen) atoms. The molecular formula is C24H20ClN4-. The van der Waals surface area contributed by atoms with Crippen molar-refractivity contribution in [1.29, 1.82) is 0 Å². The number of benzene rings is 4. The summed E-state index contributed by atoms with van der Waals surface area (Å²) in [6, 6.07) is 38.8. The average Bonchev–Trinajstić information content (AvgIpc) is 2.80. The van der Waals surface area contributed by atoms with Crippen LogP contribution in [0, 0.1) is 0 Å². The summed E-state index contributed by atoms with van der Waals surface area (Å²) in [5.74, 6) is 0.